The molecule has 0 aliphatic heterocycles. The van der Waals surface area contributed by atoms with Crippen LogP contribution in [-0.4, -0.2) is 43.8 Å². The number of halogens is 6. The van der Waals surface area contributed by atoms with E-state index in [4.69, 9.17) is 34.8 Å². The molecule has 1 atom stereocenters. The minimum atomic E-state index is -4.90. The molecule has 0 radical (unpaired) electrons. The molecular weight excluding hydrogens is 674 g/mol. The van der Waals surface area contributed by atoms with Crippen LogP contribution in [0.5, 0.6) is 0 Å². The van der Waals surface area contributed by atoms with Crippen LogP contribution in [0.25, 0.3) is 0 Å². The van der Waals surface area contributed by atoms with Crippen molar-refractivity contribution in [1.82, 2.24) is 10.2 Å². The Morgan fingerprint density at radius 3 is 2.16 bits per heavy atom. The molecular formula is C31H31Cl3F3N3O4S. The molecule has 242 valence electrons. The van der Waals surface area contributed by atoms with Crippen LogP contribution >= 0.6 is 34.8 Å². The molecule has 0 bridgehead atoms. The van der Waals surface area contributed by atoms with E-state index in [2.05, 4.69) is 5.32 Å². The van der Waals surface area contributed by atoms with Crippen molar-refractivity contribution in [1.29, 1.82) is 0 Å². The first-order valence-corrected chi connectivity index (χ1v) is 16.6. The Morgan fingerprint density at radius 1 is 0.933 bits per heavy atom. The van der Waals surface area contributed by atoms with Crippen molar-refractivity contribution in [3.05, 3.63) is 92.4 Å². The average Bonchev–Trinajstić information content (AvgIpc) is 3.49. The van der Waals surface area contributed by atoms with Gasteiger partial charge >= 0.3 is 6.18 Å². The smallest absolute Gasteiger partial charge is 0.352 e. The fraction of sp³-hybridized carbons (Fsp3) is 0.355. The first kappa shape index (κ1) is 34.9. The Morgan fingerprint density at radius 2 is 1.56 bits per heavy atom. The molecule has 0 unspecified atom stereocenters. The highest BCUT2D eigenvalue weighted by molar-refractivity contribution is 7.92. The van der Waals surface area contributed by atoms with Gasteiger partial charge in [0.15, 0.2) is 0 Å². The van der Waals surface area contributed by atoms with E-state index in [1.54, 1.807) is 13.0 Å². The summed E-state index contributed by atoms with van der Waals surface area (Å²) in [5.74, 6) is -1.29. The minimum absolute atomic E-state index is 0.0600. The summed E-state index contributed by atoms with van der Waals surface area (Å²) in [5, 5.41) is 2.78. The molecule has 3 aromatic carbocycles. The van der Waals surface area contributed by atoms with Gasteiger partial charge in [0, 0.05) is 12.6 Å². The van der Waals surface area contributed by atoms with Crippen LogP contribution in [0.3, 0.4) is 0 Å². The molecule has 14 heteroatoms. The van der Waals surface area contributed by atoms with E-state index in [1.807, 2.05) is 0 Å². The van der Waals surface area contributed by atoms with Crippen molar-refractivity contribution in [2.75, 3.05) is 10.8 Å². The number of carbonyl (C=O) groups excluding carboxylic acids is 2. The number of amides is 2. The lowest BCUT2D eigenvalue weighted by Gasteiger charge is -2.32. The first-order valence-electron chi connectivity index (χ1n) is 14.1. The lowest BCUT2D eigenvalue weighted by atomic mass is 10.1. The Hall–Kier alpha value is -2.99. The molecule has 0 heterocycles. The van der Waals surface area contributed by atoms with Gasteiger partial charge in [-0.05, 0) is 74.7 Å². The Balaban J connectivity index is 1.77. The quantitative estimate of drug-likeness (QED) is 0.235. The first-order chi connectivity index (χ1) is 21.1. The van der Waals surface area contributed by atoms with Gasteiger partial charge in [0.2, 0.25) is 11.8 Å². The van der Waals surface area contributed by atoms with Crippen molar-refractivity contribution in [3.8, 4) is 0 Å². The van der Waals surface area contributed by atoms with E-state index in [1.165, 1.54) is 48.2 Å². The Labute approximate surface area is 275 Å². The number of alkyl halides is 3. The van der Waals surface area contributed by atoms with Gasteiger partial charge in [-0.1, -0.05) is 71.4 Å². The second-order valence-corrected chi connectivity index (χ2v) is 14.0. The van der Waals surface area contributed by atoms with Gasteiger partial charge in [-0.2, -0.15) is 13.2 Å². The predicted molar refractivity (Wildman–Crippen MR) is 169 cm³/mol. The third kappa shape index (κ3) is 8.44. The lowest BCUT2D eigenvalue weighted by molar-refractivity contribution is -0.139. The number of anilines is 1. The van der Waals surface area contributed by atoms with Gasteiger partial charge in [-0.25, -0.2) is 8.42 Å². The molecule has 0 saturated heterocycles. The zero-order valence-corrected chi connectivity index (χ0v) is 27.5. The predicted octanol–water partition coefficient (Wildman–Crippen LogP) is 7.65. The van der Waals surface area contributed by atoms with Crippen molar-refractivity contribution in [2.24, 2.45) is 0 Å². The highest BCUT2D eigenvalue weighted by Crippen LogP contribution is 2.38. The van der Waals surface area contributed by atoms with Gasteiger partial charge in [0.1, 0.15) is 12.6 Å². The molecule has 3 aromatic rings. The summed E-state index contributed by atoms with van der Waals surface area (Å²) in [6, 6.07) is 11.8. The molecule has 0 spiro atoms. The Kier molecular flexibility index (Phi) is 11.0. The van der Waals surface area contributed by atoms with E-state index >= 15 is 0 Å². The van der Waals surface area contributed by atoms with Crippen LogP contribution in [0.4, 0.5) is 18.9 Å². The fourth-order valence-corrected chi connectivity index (χ4v) is 7.01. The van der Waals surface area contributed by atoms with E-state index in [0.717, 1.165) is 43.4 Å². The van der Waals surface area contributed by atoms with E-state index in [0.29, 0.717) is 15.9 Å². The van der Waals surface area contributed by atoms with Gasteiger partial charge in [-0.15, -0.1) is 0 Å². The molecule has 1 aliphatic carbocycles. The summed E-state index contributed by atoms with van der Waals surface area (Å²) in [4.78, 5) is 28.3. The molecule has 1 aliphatic rings. The summed E-state index contributed by atoms with van der Waals surface area (Å²) in [6.45, 7) is 2.16. The number of rotatable bonds is 10. The largest absolute Gasteiger partial charge is 0.417 e. The number of hydrogen-bond acceptors (Lipinski definition) is 4. The zero-order chi connectivity index (χ0) is 33.1. The fourth-order valence-electron chi connectivity index (χ4n) is 5.06. The molecule has 0 aromatic heterocycles. The van der Waals surface area contributed by atoms with Gasteiger partial charge in [0.05, 0.1) is 31.2 Å². The van der Waals surface area contributed by atoms with Crippen LogP contribution in [0.15, 0.2) is 65.6 Å². The van der Waals surface area contributed by atoms with Crippen LogP contribution in [0.2, 0.25) is 15.1 Å². The van der Waals surface area contributed by atoms with Crippen LogP contribution in [0.1, 0.15) is 49.3 Å². The monoisotopic (exact) mass is 703 g/mol. The Bertz CT molecular complexity index is 1660. The summed E-state index contributed by atoms with van der Waals surface area (Å²) >= 11 is 18.1. The van der Waals surface area contributed by atoms with Crippen molar-refractivity contribution >= 4 is 62.3 Å². The van der Waals surface area contributed by atoms with Gasteiger partial charge in [-0.3, -0.25) is 13.9 Å². The number of sulfonamides is 1. The molecule has 1 saturated carbocycles. The molecule has 1 N–H and O–H groups in total. The third-order valence-corrected chi connectivity index (χ3v) is 10.5. The van der Waals surface area contributed by atoms with Crippen LogP contribution < -0.4 is 9.62 Å². The minimum Gasteiger partial charge on any atom is -0.352 e. The SMILES string of the molecule is Cc1ccc(S(=O)(=O)N(CC(=O)N(Cc2ccc(Cl)c(Cl)c2)[C@@H](C)C(=O)NC2CCCC2)c2ccc(Cl)c(C(F)(F)F)c2)cc1. The summed E-state index contributed by atoms with van der Waals surface area (Å²) < 4.78 is 70.0. The van der Waals surface area contributed by atoms with Crippen molar-refractivity contribution in [2.45, 2.75) is 69.2 Å². The summed E-state index contributed by atoms with van der Waals surface area (Å²) in [7, 11) is -4.59. The summed E-state index contributed by atoms with van der Waals surface area (Å²) in [5.41, 5.74) is -0.456. The molecule has 1 fully saturated rings. The third-order valence-electron chi connectivity index (χ3n) is 7.64. The van der Waals surface area contributed by atoms with Gasteiger partial charge < -0.3 is 10.2 Å². The van der Waals surface area contributed by atoms with E-state index in [-0.39, 0.29) is 27.5 Å². The zero-order valence-electron chi connectivity index (χ0n) is 24.4. The molecule has 2 amide bonds. The summed E-state index contributed by atoms with van der Waals surface area (Å²) in [6.07, 6.45) is -1.40. The number of nitrogens with one attached hydrogen (secondary N) is 1. The number of aryl methyl sites for hydroxylation is 1. The maximum absolute atomic E-state index is 14.1. The van der Waals surface area contributed by atoms with Crippen LogP contribution in [-0.2, 0) is 32.3 Å². The maximum atomic E-state index is 14.1. The van der Waals surface area contributed by atoms with Crippen molar-refractivity contribution < 1.29 is 31.2 Å². The number of benzene rings is 3. The topological polar surface area (TPSA) is 86.8 Å². The maximum Gasteiger partial charge on any atom is 0.417 e. The highest BCUT2D eigenvalue weighted by atomic mass is 35.5. The standard InChI is InChI=1S/C31H31Cl3F3N3O4S/c1-19-7-11-24(12-8-19)45(43,44)40(23-10-14-26(32)25(16-23)31(35,36)37)18-29(41)39(17-21-9-13-27(33)28(34)15-21)20(2)30(42)38-22-5-3-4-6-22/h7-16,20,22H,3-6,17-18H2,1-2H3,(H,38,42)/t20-/m0/s1. The molecule has 45 heavy (non-hydrogen) atoms. The van der Waals surface area contributed by atoms with Crippen LogP contribution in [0, 0.1) is 6.92 Å². The second-order valence-electron chi connectivity index (χ2n) is 10.9. The number of hydrogen-bond donors (Lipinski definition) is 1. The van der Waals surface area contributed by atoms with E-state index < -0.39 is 56.9 Å². The molecule has 4 rings (SSSR count). The highest BCUT2D eigenvalue weighted by Gasteiger charge is 2.37. The average molecular weight is 705 g/mol. The second kappa shape index (κ2) is 14.2. The lowest BCUT2D eigenvalue weighted by Crippen LogP contribution is -2.52. The number of nitrogens with zero attached hydrogens (tertiary/aromatic N) is 2. The van der Waals surface area contributed by atoms with Crippen molar-refractivity contribution in [3.63, 3.8) is 0 Å². The molecule has 7 nitrogen and oxygen atoms in total. The van der Waals surface area contributed by atoms with Gasteiger partial charge in [0.25, 0.3) is 10.0 Å². The number of carbonyl (C=O) groups is 2. The normalized spacial score (nSPS) is 14.7. The van der Waals surface area contributed by atoms with E-state index in [9.17, 15) is 31.2 Å².